The molecule has 4 rings (SSSR count). The van der Waals surface area contributed by atoms with Gasteiger partial charge in [0, 0.05) is 49.2 Å². The zero-order chi connectivity index (χ0) is 20.9. The van der Waals surface area contributed by atoms with Gasteiger partial charge in [0.1, 0.15) is 11.9 Å². The summed E-state index contributed by atoms with van der Waals surface area (Å²) in [6.45, 7) is 1.96. The summed E-state index contributed by atoms with van der Waals surface area (Å²) in [5, 5.41) is 3.24. The topological polar surface area (TPSA) is 65.5 Å². The van der Waals surface area contributed by atoms with Gasteiger partial charge < -0.3 is 15.1 Å². The van der Waals surface area contributed by atoms with E-state index in [1.807, 2.05) is 12.1 Å². The molecule has 1 N–H and O–H groups in total. The molecule has 1 atom stereocenters. The number of nitrogens with one attached hydrogen (secondary N) is 1. The van der Waals surface area contributed by atoms with Crippen LogP contribution < -0.4 is 5.32 Å². The second-order valence-corrected chi connectivity index (χ2v) is 9.23. The van der Waals surface area contributed by atoms with E-state index in [0.717, 1.165) is 63.2 Å². The van der Waals surface area contributed by atoms with Gasteiger partial charge in [0.2, 0.25) is 11.8 Å². The first-order valence-electron chi connectivity index (χ1n) is 11.5. The maximum atomic E-state index is 13.5. The van der Waals surface area contributed by atoms with Gasteiger partial charge in [-0.25, -0.2) is 0 Å². The van der Waals surface area contributed by atoms with Crippen molar-refractivity contribution in [2.45, 2.75) is 82.0 Å². The number of nitrogens with zero attached hydrogens (tertiary/aromatic N) is 3. The average molecular weight is 433 g/mol. The van der Waals surface area contributed by atoms with E-state index < -0.39 is 6.04 Å². The molecular weight excluding hydrogens is 400 g/mol. The van der Waals surface area contributed by atoms with Crippen molar-refractivity contribution in [3.8, 4) is 0 Å². The molecule has 6 nitrogen and oxygen atoms in total. The summed E-state index contributed by atoms with van der Waals surface area (Å²) < 4.78 is 0. The standard InChI is InChI=1S/C23H33ClN4O2/c24-15-21(29)28(20-10-13-27(14-11-20)19-8-9-19)22(17-5-4-12-25-16-17)23(30)26-18-6-2-1-3-7-18/h4-5,12,16,18-20,22H,1-3,6-11,13-15H2,(H,26,30). The van der Waals surface area contributed by atoms with Gasteiger partial charge in [-0.3, -0.25) is 14.6 Å². The Bertz CT molecular complexity index is 713. The number of carbonyl (C=O) groups is 2. The predicted octanol–water partition coefficient (Wildman–Crippen LogP) is 3.27. The highest BCUT2D eigenvalue weighted by atomic mass is 35.5. The Morgan fingerprint density at radius 1 is 1.13 bits per heavy atom. The van der Waals surface area contributed by atoms with Crippen molar-refractivity contribution < 1.29 is 9.59 Å². The molecular formula is C23H33ClN4O2. The first-order valence-corrected chi connectivity index (χ1v) is 12.0. The van der Waals surface area contributed by atoms with Gasteiger partial charge in [-0.1, -0.05) is 25.3 Å². The summed E-state index contributed by atoms with van der Waals surface area (Å²) in [5.41, 5.74) is 0.758. The van der Waals surface area contributed by atoms with E-state index in [1.54, 1.807) is 17.3 Å². The van der Waals surface area contributed by atoms with E-state index in [9.17, 15) is 9.59 Å². The van der Waals surface area contributed by atoms with Crippen LogP contribution in [0.15, 0.2) is 24.5 Å². The number of halogens is 1. The van der Waals surface area contributed by atoms with Gasteiger partial charge in [0.05, 0.1) is 0 Å². The molecule has 7 heteroatoms. The van der Waals surface area contributed by atoms with Crippen LogP contribution in [0, 0.1) is 0 Å². The molecule has 0 bridgehead atoms. The van der Waals surface area contributed by atoms with E-state index in [0.29, 0.717) is 0 Å². The fourth-order valence-electron chi connectivity index (χ4n) is 5.10. The lowest BCUT2D eigenvalue weighted by atomic mass is 9.94. The third-order valence-corrected chi connectivity index (χ3v) is 7.06. The number of pyridine rings is 1. The van der Waals surface area contributed by atoms with Crippen molar-refractivity contribution >= 4 is 23.4 Å². The van der Waals surface area contributed by atoms with Crippen molar-refractivity contribution in [3.63, 3.8) is 0 Å². The van der Waals surface area contributed by atoms with Gasteiger partial charge >= 0.3 is 0 Å². The molecule has 0 spiro atoms. The molecule has 30 heavy (non-hydrogen) atoms. The van der Waals surface area contributed by atoms with E-state index in [1.165, 1.54) is 19.3 Å². The minimum Gasteiger partial charge on any atom is -0.351 e. The molecule has 1 aliphatic heterocycles. The Morgan fingerprint density at radius 2 is 1.87 bits per heavy atom. The van der Waals surface area contributed by atoms with Crippen molar-refractivity contribution in [3.05, 3.63) is 30.1 Å². The number of hydrogen-bond acceptors (Lipinski definition) is 4. The van der Waals surface area contributed by atoms with Crippen LogP contribution >= 0.6 is 11.6 Å². The molecule has 2 aliphatic carbocycles. The minimum absolute atomic E-state index is 0.0218. The number of rotatable bonds is 7. The monoisotopic (exact) mass is 432 g/mol. The Hall–Kier alpha value is -1.66. The fraction of sp³-hybridized carbons (Fsp3) is 0.696. The molecule has 0 aromatic carbocycles. The Balaban J connectivity index is 1.56. The number of aromatic nitrogens is 1. The van der Waals surface area contributed by atoms with Gasteiger partial charge in [0.15, 0.2) is 0 Å². The molecule has 1 aromatic rings. The lowest BCUT2D eigenvalue weighted by molar-refractivity contribution is -0.143. The summed E-state index contributed by atoms with van der Waals surface area (Å²) in [6, 6.07) is 3.99. The normalized spacial score (nSPS) is 22.4. The van der Waals surface area contributed by atoms with Gasteiger partial charge in [-0.05, 0) is 44.6 Å². The number of amides is 2. The molecule has 2 amide bonds. The summed E-state index contributed by atoms with van der Waals surface area (Å²) >= 11 is 6.03. The Kier molecular flexibility index (Phi) is 7.26. The van der Waals surface area contributed by atoms with Crippen molar-refractivity contribution in [1.29, 1.82) is 0 Å². The number of piperidine rings is 1. The van der Waals surface area contributed by atoms with Crippen LogP contribution in [0.2, 0.25) is 0 Å². The average Bonchev–Trinajstić information content (AvgIpc) is 3.64. The molecule has 3 fully saturated rings. The Labute approximate surface area is 184 Å². The second kappa shape index (κ2) is 10.1. The quantitative estimate of drug-likeness (QED) is 0.671. The third kappa shape index (κ3) is 5.14. The molecule has 164 valence electrons. The van der Waals surface area contributed by atoms with Crippen LogP contribution in [0.4, 0.5) is 0 Å². The lowest BCUT2D eigenvalue weighted by Gasteiger charge is -2.42. The molecule has 0 radical (unpaired) electrons. The van der Waals surface area contributed by atoms with Crippen LogP contribution in [0.3, 0.4) is 0 Å². The minimum atomic E-state index is -0.677. The molecule has 1 aromatic heterocycles. The van der Waals surface area contributed by atoms with Crippen LogP contribution in [0.5, 0.6) is 0 Å². The van der Waals surface area contributed by atoms with Crippen molar-refractivity contribution in [2.75, 3.05) is 19.0 Å². The predicted molar refractivity (Wildman–Crippen MR) is 117 cm³/mol. The molecule has 2 heterocycles. The first-order chi connectivity index (χ1) is 14.7. The maximum Gasteiger partial charge on any atom is 0.247 e. The Morgan fingerprint density at radius 3 is 2.47 bits per heavy atom. The number of likely N-dealkylation sites (tertiary alicyclic amines) is 1. The number of hydrogen-bond donors (Lipinski definition) is 1. The van der Waals surface area contributed by atoms with Gasteiger partial charge in [-0.2, -0.15) is 0 Å². The largest absolute Gasteiger partial charge is 0.351 e. The van der Waals surface area contributed by atoms with Crippen LogP contribution in [0.25, 0.3) is 0 Å². The molecule has 3 aliphatic rings. The van der Waals surface area contributed by atoms with Crippen LogP contribution in [-0.2, 0) is 9.59 Å². The highest BCUT2D eigenvalue weighted by Crippen LogP contribution is 2.33. The highest BCUT2D eigenvalue weighted by molar-refractivity contribution is 6.27. The molecule has 2 saturated carbocycles. The summed E-state index contributed by atoms with van der Waals surface area (Å²) in [4.78, 5) is 35.1. The van der Waals surface area contributed by atoms with Gasteiger partial charge in [-0.15, -0.1) is 11.6 Å². The van der Waals surface area contributed by atoms with E-state index in [4.69, 9.17) is 11.6 Å². The smallest absolute Gasteiger partial charge is 0.247 e. The number of carbonyl (C=O) groups excluding carboxylic acids is 2. The number of alkyl halides is 1. The molecule has 1 unspecified atom stereocenters. The van der Waals surface area contributed by atoms with Crippen LogP contribution in [-0.4, -0.2) is 63.7 Å². The fourth-order valence-corrected chi connectivity index (χ4v) is 5.24. The molecule has 1 saturated heterocycles. The second-order valence-electron chi connectivity index (χ2n) is 8.97. The maximum absolute atomic E-state index is 13.5. The third-order valence-electron chi connectivity index (χ3n) is 6.84. The van der Waals surface area contributed by atoms with E-state index >= 15 is 0 Å². The van der Waals surface area contributed by atoms with Crippen LogP contribution in [0.1, 0.15) is 69.4 Å². The zero-order valence-electron chi connectivity index (χ0n) is 17.6. The van der Waals surface area contributed by atoms with Crippen molar-refractivity contribution in [2.24, 2.45) is 0 Å². The summed E-state index contributed by atoms with van der Waals surface area (Å²) in [6.07, 6.45) is 13.3. The van der Waals surface area contributed by atoms with Gasteiger partial charge in [0.25, 0.3) is 0 Å². The van der Waals surface area contributed by atoms with E-state index in [-0.39, 0.29) is 29.8 Å². The zero-order valence-corrected chi connectivity index (χ0v) is 18.4. The SMILES string of the molecule is O=C(NC1CCCCC1)C(c1cccnc1)N(C(=O)CCl)C1CCN(C2CC2)CC1. The first kappa shape index (κ1) is 21.6. The van der Waals surface area contributed by atoms with Crippen molar-refractivity contribution in [1.82, 2.24) is 20.1 Å². The highest BCUT2D eigenvalue weighted by Gasteiger charge is 2.40. The summed E-state index contributed by atoms with van der Waals surface area (Å²) in [5.74, 6) is -0.386. The summed E-state index contributed by atoms with van der Waals surface area (Å²) in [7, 11) is 0. The lowest BCUT2D eigenvalue weighted by Crippen LogP contribution is -2.54. The van der Waals surface area contributed by atoms with E-state index in [2.05, 4.69) is 15.2 Å².